The molecule has 8 heteroatoms. The largest absolute Gasteiger partial charge is 0.392 e. The highest BCUT2D eigenvalue weighted by Crippen LogP contribution is 2.46. The fourth-order valence-electron chi connectivity index (χ4n) is 1.29. The van der Waals surface area contributed by atoms with Crippen LogP contribution in [0, 0.1) is 5.41 Å². The Labute approximate surface area is 100 Å². The van der Waals surface area contributed by atoms with Gasteiger partial charge < -0.3 is 11.1 Å². The van der Waals surface area contributed by atoms with E-state index in [0.717, 1.165) is 6.26 Å². The third kappa shape index (κ3) is 3.39. The van der Waals surface area contributed by atoms with E-state index in [-0.39, 0.29) is 24.0 Å². The molecule has 0 radical (unpaired) electrons. The molecule has 1 aliphatic carbocycles. The molecule has 6 nitrogen and oxygen atoms in total. The second-order valence-electron chi connectivity index (χ2n) is 3.87. The third-order valence-electron chi connectivity index (χ3n) is 2.43. The van der Waals surface area contributed by atoms with Crippen molar-refractivity contribution in [2.24, 2.45) is 11.1 Å². The number of sulfonamides is 1. The van der Waals surface area contributed by atoms with E-state index in [1.165, 1.54) is 0 Å². The molecule has 92 valence electrons. The van der Waals surface area contributed by atoms with Crippen LogP contribution in [0.1, 0.15) is 12.8 Å². The molecule has 1 aliphatic rings. The first-order valence-corrected chi connectivity index (χ1v) is 7.11. The van der Waals surface area contributed by atoms with E-state index in [1.807, 2.05) is 0 Å². The lowest BCUT2D eigenvalue weighted by molar-refractivity contribution is -0.123. The van der Waals surface area contributed by atoms with Gasteiger partial charge >= 0.3 is 0 Å². The number of hydrogen-bond donors (Lipinski definition) is 3. The Morgan fingerprint density at radius 2 is 2.00 bits per heavy atom. The zero-order valence-corrected chi connectivity index (χ0v) is 10.6. The Kier molecular flexibility index (Phi) is 3.87. The molecule has 1 fully saturated rings. The Morgan fingerprint density at radius 1 is 1.44 bits per heavy atom. The number of hydrogen-bond acceptors (Lipinski definition) is 4. The Balaban J connectivity index is 2.29. The Hall–Kier alpha value is -0.730. The Morgan fingerprint density at radius 3 is 2.38 bits per heavy atom. The summed E-state index contributed by atoms with van der Waals surface area (Å²) in [6.07, 6.45) is 2.41. The molecular weight excluding hydrogens is 250 g/mol. The predicted octanol–water partition coefficient (Wildman–Crippen LogP) is -1.28. The van der Waals surface area contributed by atoms with Crippen molar-refractivity contribution < 1.29 is 13.2 Å². The van der Waals surface area contributed by atoms with Crippen molar-refractivity contribution in [1.29, 1.82) is 0 Å². The van der Waals surface area contributed by atoms with Crippen LogP contribution in [0.25, 0.3) is 0 Å². The number of rotatable bonds is 6. The fraction of sp³-hybridized carbons (Fsp3) is 0.750. The van der Waals surface area contributed by atoms with E-state index in [0.29, 0.717) is 12.8 Å². The number of carbonyl (C=O) groups excluding carboxylic acids is 1. The molecule has 0 aliphatic heterocycles. The average molecular weight is 265 g/mol. The molecule has 16 heavy (non-hydrogen) atoms. The van der Waals surface area contributed by atoms with Crippen LogP contribution in [0.15, 0.2) is 0 Å². The summed E-state index contributed by atoms with van der Waals surface area (Å²) in [6, 6.07) is 0. The zero-order chi connectivity index (χ0) is 12.4. The molecule has 1 amide bonds. The maximum atomic E-state index is 11.6. The molecular formula is C8H15N3O3S2. The summed E-state index contributed by atoms with van der Waals surface area (Å²) in [5.74, 6) is -0.213. The zero-order valence-electron chi connectivity index (χ0n) is 8.95. The van der Waals surface area contributed by atoms with E-state index in [9.17, 15) is 13.2 Å². The molecule has 0 bridgehead atoms. The van der Waals surface area contributed by atoms with Gasteiger partial charge in [-0.1, -0.05) is 12.2 Å². The van der Waals surface area contributed by atoms with Crippen molar-refractivity contribution in [1.82, 2.24) is 10.0 Å². The van der Waals surface area contributed by atoms with Gasteiger partial charge in [0.1, 0.15) is 0 Å². The van der Waals surface area contributed by atoms with Gasteiger partial charge in [0.2, 0.25) is 15.9 Å². The molecule has 0 atom stereocenters. The van der Waals surface area contributed by atoms with E-state index in [1.54, 1.807) is 0 Å². The molecule has 0 saturated heterocycles. The summed E-state index contributed by atoms with van der Waals surface area (Å²) >= 11 is 4.81. The quantitative estimate of drug-likeness (QED) is 0.410. The minimum atomic E-state index is -3.21. The average Bonchev–Trinajstić information content (AvgIpc) is 2.90. The molecule has 0 aromatic rings. The van der Waals surface area contributed by atoms with E-state index in [2.05, 4.69) is 10.0 Å². The van der Waals surface area contributed by atoms with E-state index >= 15 is 0 Å². The summed E-state index contributed by atoms with van der Waals surface area (Å²) < 4.78 is 23.7. The van der Waals surface area contributed by atoms with Crippen molar-refractivity contribution in [3.05, 3.63) is 0 Å². The van der Waals surface area contributed by atoms with Gasteiger partial charge in [-0.2, -0.15) is 0 Å². The first kappa shape index (κ1) is 13.3. The monoisotopic (exact) mass is 265 g/mol. The lowest BCUT2D eigenvalue weighted by atomic mass is 10.1. The number of carbonyl (C=O) groups is 1. The summed E-state index contributed by atoms with van der Waals surface area (Å²) in [5, 5.41) is 2.61. The maximum absolute atomic E-state index is 11.6. The van der Waals surface area contributed by atoms with Gasteiger partial charge in [-0.25, -0.2) is 13.1 Å². The van der Waals surface area contributed by atoms with Crippen LogP contribution in [0.4, 0.5) is 0 Å². The van der Waals surface area contributed by atoms with E-state index in [4.69, 9.17) is 18.0 Å². The van der Waals surface area contributed by atoms with Crippen molar-refractivity contribution >= 4 is 33.1 Å². The number of nitrogens with two attached hydrogens (primary N) is 1. The normalized spacial score (nSPS) is 17.8. The number of thiocarbonyl (C=S) groups is 1. The summed E-state index contributed by atoms with van der Waals surface area (Å²) in [7, 11) is -3.21. The van der Waals surface area contributed by atoms with Crippen LogP contribution >= 0.6 is 12.2 Å². The minimum absolute atomic E-state index is 0.165. The van der Waals surface area contributed by atoms with Gasteiger partial charge in [0.15, 0.2) is 0 Å². The molecule has 0 aromatic carbocycles. The van der Waals surface area contributed by atoms with Crippen molar-refractivity contribution in [2.75, 3.05) is 19.3 Å². The highest BCUT2D eigenvalue weighted by Gasteiger charge is 2.52. The SMILES string of the molecule is CS(=O)(=O)NCCNC(=O)C1(C(N)=S)CC1. The van der Waals surface area contributed by atoms with Crippen LogP contribution < -0.4 is 15.8 Å². The van der Waals surface area contributed by atoms with Gasteiger partial charge in [0, 0.05) is 13.1 Å². The lowest BCUT2D eigenvalue weighted by Gasteiger charge is -2.13. The van der Waals surface area contributed by atoms with Gasteiger partial charge in [0.05, 0.1) is 16.7 Å². The smallest absolute Gasteiger partial charge is 0.233 e. The number of amides is 1. The highest BCUT2D eigenvalue weighted by molar-refractivity contribution is 7.88. The van der Waals surface area contributed by atoms with Crippen LogP contribution in [0.2, 0.25) is 0 Å². The van der Waals surface area contributed by atoms with Crippen molar-refractivity contribution in [3.63, 3.8) is 0 Å². The maximum Gasteiger partial charge on any atom is 0.233 e. The second-order valence-corrected chi connectivity index (χ2v) is 6.14. The van der Waals surface area contributed by atoms with Gasteiger partial charge in [0.25, 0.3) is 0 Å². The van der Waals surface area contributed by atoms with Crippen molar-refractivity contribution in [2.45, 2.75) is 12.8 Å². The lowest BCUT2D eigenvalue weighted by Crippen LogP contribution is -2.42. The molecule has 1 rings (SSSR count). The second kappa shape index (κ2) is 4.64. The topological polar surface area (TPSA) is 101 Å². The van der Waals surface area contributed by atoms with Crippen LogP contribution in [-0.2, 0) is 14.8 Å². The first-order valence-electron chi connectivity index (χ1n) is 4.81. The van der Waals surface area contributed by atoms with Crippen LogP contribution in [0.5, 0.6) is 0 Å². The molecule has 1 saturated carbocycles. The summed E-state index contributed by atoms with van der Waals surface area (Å²) in [6.45, 7) is 0.397. The Bertz CT molecular complexity index is 401. The predicted molar refractivity (Wildman–Crippen MR) is 64.3 cm³/mol. The number of nitrogens with one attached hydrogen (secondary N) is 2. The van der Waals surface area contributed by atoms with Gasteiger partial charge in [-0.05, 0) is 12.8 Å². The van der Waals surface area contributed by atoms with Crippen molar-refractivity contribution in [3.8, 4) is 0 Å². The van der Waals surface area contributed by atoms with Gasteiger partial charge in [-0.3, -0.25) is 4.79 Å². The first-order chi connectivity index (χ1) is 7.28. The van der Waals surface area contributed by atoms with Gasteiger partial charge in [-0.15, -0.1) is 0 Å². The molecule has 0 unspecified atom stereocenters. The highest BCUT2D eigenvalue weighted by atomic mass is 32.2. The summed E-state index contributed by atoms with van der Waals surface area (Å²) in [5.41, 5.74) is 4.79. The molecule has 0 aromatic heterocycles. The molecule has 0 heterocycles. The molecule has 4 N–H and O–H groups in total. The third-order valence-corrected chi connectivity index (χ3v) is 3.55. The fourth-order valence-corrected chi connectivity index (χ4v) is 2.06. The van der Waals surface area contributed by atoms with E-state index < -0.39 is 15.4 Å². The van der Waals surface area contributed by atoms with Crippen LogP contribution in [-0.4, -0.2) is 38.7 Å². The minimum Gasteiger partial charge on any atom is -0.392 e. The molecule has 0 spiro atoms. The summed E-state index contributed by atoms with van der Waals surface area (Å²) in [4.78, 5) is 11.8. The standard InChI is InChI=1S/C8H15N3O3S2/c1-16(13,14)11-5-4-10-7(12)8(2-3-8)6(9)15/h11H,2-5H2,1H3,(H2,9,15)(H,10,12). The van der Waals surface area contributed by atoms with Crippen LogP contribution in [0.3, 0.4) is 0 Å².